The number of rotatable bonds is 9. The Morgan fingerprint density at radius 2 is 1.31 bits per heavy atom. The summed E-state index contributed by atoms with van der Waals surface area (Å²) in [5.74, 6) is 3.70. The van der Waals surface area contributed by atoms with Gasteiger partial charge in [0.2, 0.25) is 0 Å². The third-order valence-electron chi connectivity index (χ3n) is 4.28. The van der Waals surface area contributed by atoms with E-state index in [9.17, 15) is 0 Å². The molecule has 2 unspecified atom stereocenters. The van der Waals surface area contributed by atoms with Gasteiger partial charge in [-0.15, -0.1) is 0 Å². The van der Waals surface area contributed by atoms with E-state index < -0.39 is 0 Å². The molecule has 0 aliphatic rings. The van der Waals surface area contributed by atoms with Gasteiger partial charge < -0.3 is 0 Å². The third kappa shape index (κ3) is 5.92. The Morgan fingerprint density at radius 3 is 1.69 bits per heavy atom. The van der Waals surface area contributed by atoms with Crippen molar-refractivity contribution in [2.45, 2.75) is 80.1 Å². The molecule has 0 aliphatic heterocycles. The molecule has 0 saturated heterocycles. The summed E-state index contributed by atoms with van der Waals surface area (Å²) in [6.45, 7) is 14.3. The highest BCUT2D eigenvalue weighted by Crippen LogP contribution is 2.32. The molecule has 0 aromatic rings. The summed E-state index contributed by atoms with van der Waals surface area (Å²) in [5, 5.41) is 0. The lowest BCUT2D eigenvalue weighted by molar-refractivity contribution is 0.209. The second-order valence-electron chi connectivity index (χ2n) is 5.96. The van der Waals surface area contributed by atoms with Crippen molar-refractivity contribution in [1.82, 2.24) is 0 Å². The van der Waals surface area contributed by atoms with Gasteiger partial charge in [-0.05, 0) is 30.1 Å². The van der Waals surface area contributed by atoms with Crippen molar-refractivity contribution in [3.05, 3.63) is 0 Å². The van der Waals surface area contributed by atoms with E-state index in [2.05, 4.69) is 41.5 Å². The van der Waals surface area contributed by atoms with Crippen molar-refractivity contribution in [1.29, 1.82) is 0 Å². The topological polar surface area (TPSA) is 0 Å². The molecule has 0 radical (unpaired) electrons. The van der Waals surface area contributed by atoms with Crippen molar-refractivity contribution in [3.8, 4) is 0 Å². The fourth-order valence-corrected chi connectivity index (χ4v) is 3.12. The average Bonchev–Trinajstić information content (AvgIpc) is 2.24. The lowest BCUT2D eigenvalue weighted by Gasteiger charge is -2.29. The molecule has 98 valence electrons. The molecular weight excluding hydrogens is 192 g/mol. The van der Waals surface area contributed by atoms with E-state index in [0.29, 0.717) is 0 Å². The molecule has 16 heavy (non-hydrogen) atoms. The maximum atomic E-state index is 2.42. The van der Waals surface area contributed by atoms with E-state index in [1.54, 1.807) is 0 Å². The fraction of sp³-hybridized carbons (Fsp3) is 1.00. The van der Waals surface area contributed by atoms with Crippen molar-refractivity contribution in [2.24, 2.45) is 23.7 Å². The van der Waals surface area contributed by atoms with Crippen LogP contribution in [0.2, 0.25) is 0 Å². The van der Waals surface area contributed by atoms with Gasteiger partial charge >= 0.3 is 0 Å². The van der Waals surface area contributed by atoms with Crippen LogP contribution < -0.4 is 0 Å². The van der Waals surface area contributed by atoms with Gasteiger partial charge in [-0.1, -0.05) is 73.6 Å². The predicted molar refractivity (Wildman–Crippen MR) is 75.7 cm³/mol. The molecule has 2 atom stereocenters. The van der Waals surface area contributed by atoms with Crippen molar-refractivity contribution in [2.75, 3.05) is 0 Å². The van der Waals surface area contributed by atoms with E-state index in [1.165, 1.54) is 38.5 Å². The average molecular weight is 226 g/mol. The first-order valence-corrected chi connectivity index (χ1v) is 7.56. The standard InChI is InChI=1S/C16H34/c1-7-10-14(6)11-12-16(13(4)5)15(8-2)9-3/h13-16H,7-12H2,1-6H3. The summed E-state index contributed by atoms with van der Waals surface area (Å²) >= 11 is 0. The molecule has 0 heteroatoms. The van der Waals surface area contributed by atoms with Crippen LogP contribution in [0.3, 0.4) is 0 Å². The molecule has 0 aliphatic carbocycles. The van der Waals surface area contributed by atoms with Crippen LogP contribution in [0.25, 0.3) is 0 Å². The van der Waals surface area contributed by atoms with E-state index in [1.807, 2.05) is 0 Å². The third-order valence-corrected chi connectivity index (χ3v) is 4.28. The summed E-state index contributed by atoms with van der Waals surface area (Å²) < 4.78 is 0. The first kappa shape index (κ1) is 16.0. The van der Waals surface area contributed by atoms with Crippen LogP contribution in [0.5, 0.6) is 0 Å². The van der Waals surface area contributed by atoms with Gasteiger partial charge in [-0.2, -0.15) is 0 Å². The van der Waals surface area contributed by atoms with Gasteiger partial charge in [0.25, 0.3) is 0 Å². The quantitative estimate of drug-likeness (QED) is 0.458. The Bertz CT molecular complexity index is 144. The number of hydrogen-bond acceptors (Lipinski definition) is 0. The molecular formula is C16H34. The lowest BCUT2D eigenvalue weighted by Crippen LogP contribution is -2.20. The van der Waals surface area contributed by atoms with E-state index in [4.69, 9.17) is 0 Å². The minimum atomic E-state index is 0.860. The van der Waals surface area contributed by atoms with Gasteiger partial charge in [0.1, 0.15) is 0 Å². The first-order chi connectivity index (χ1) is 7.56. The highest BCUT2D eigenvalue weighted by atomic mass is 14.3. The molecule has 0 amide bonds. The second kappa shape index (κ2) is 9.07. The van der Waals surface area contributed by atoms with Gasteiger partial charge in [-0.25, -0.2) is 0 Å². The first-order valence-electron chi connectivity index (χ1n) is 7.56. The van der Waals surface area contributed by atoms with Crippen LogP contribution in [0.1, 0.15) is 80.1 Å². The normalized spacial score (nSPS) is 15.8. The fourth-order valence-electron chi connectivity index (χ4n) is 3.12. The number of hydrogen-bond donors (Lipinski definition) is 0. The Labute approximate surface area is 104 Å². The van der Waals surface area contributed by atoms with Gasteiger partial charge in [0, 0.05) is 0 Å². The Kier molecular flexibility index (Phi) is 9.07. The molecule has 0 fully saturated rings. The van der Waals surface area contributed by atoms with Crippen LogP contribution in [-0.2, 0) is 0 Å². The summed E-state index contributed by atoms with van der Waals surface area (Å²) in [5.41, 5.74) is 0. The van der Waals surface area contributed by atoms with Crippen LogP contribution in [0, 0.1) is 23.7 Å². The van der Waals surface area contributed by atoms with Gasteiger partial charge in [0.15, 0.2) is 0 Å². The highest BCUT2D eigenvalue weighted by Gasteiger charge is 2.21. The summed E-state index contributed by atoms with van der Waals surface area (Å²) in [6.07, 6.45) is 8.37. The van der Waals surface area contributed by atoms with Crippen LogP contribution in [0.15, 0.2) is 0 Å². The Balaban J connectivity index is 4.12. The summed E-state index contributed by atoms with van der Waals surface area (Å²) in [7, 11) is 0. The van der Waals surface area contributed by atoms with Crippen LogP contribution >= 0.6 is 0 Å². The van der Waals surface area contributed by atoms with E-state index in [0.717, 1.165) is 23.7 Å². The van der Waals surface area contributed by atoms with E-state index in [-0.39, 0.29) is 0 Å². The molecule has 0 rings (SSSR count). The monoisotopic (exact) mass is 226 g/mol. The maximum Gasteiger partial charge on any atom is -0.0363 e. The Hall–Kier alpha value is 0. The maximum absolute atomic E-state index is 2.42. The zero-order valence-electron chi connectivity index (χ0n) is 12.6. The van der Waals surface area contributed by atoms with Crippen molar-refractivity contribution in [3.63, 3.8) is 0 Å². The molecule has 0 saturated carbocycles. The summed E-state index contributed by atoms with van der Waals surface area (Å²) in [6, 6.07) is 0. The minimum Gasteiger partial charge on any atom is -0.0654 e. The molecule has 0 aromatic carbocycles. The molecule has 0 bridgehead atoms. The zero-order chi connectivity index (χ0) is 12.6. The van der Waals surface area contributed by atoms with Gasteiger partial charge in [0.05, 0.1) is 0 Å². The molecule has 0 nitrogen and oxygen atoms in total. The van der Waals surface area contributed by atoms with Crippen LogP contribution in [0.4, 0.5) is 0 Å². The molecule has 0 heterocycles. The minimum absolute atomic E-state index is 0.860. The second-order valence-corrected chi connectivity index (χ2v) is 5.96. The predicted octanol–water partition coefficient (Wildman–Crippen LogP) is 5.91. The smallest absolute Gasteiger partial charge is 0.0363 e. The molecule has 0 N–H and O–H groups in total. The van der Waals surface area contributed by atoms with E-state index >= 15 is 0 Å². The van der Waals surface area contributed by atoms with Crippen molar-refractivity contribution >= 4 is 0 Å². The van der Waals surface area contributed by atoms with Crippen molar-refractivity contribution < 1.29 is 0 Å². The van der Waals surface area contributed by atoms with Gasteiger partial charge in [-0.3, -0.25) is 0 Å². The molecule has 0 aromatic heterocycles. The van der Waals surface area contributed by atoms with Crippen LogP contribution in [-0.4, -0.2) is 0 Å². The zero-order valence-corrected chi connectivity index (χ0v) is 12.6. The Morgan fingerprint density at radius 1 is 0.750 bits per heavy atom. The SMILES string of the molecule is CCCC(C)CCC(C(C)C)C(CC)CC. The molecule has 0 spiro atoms. The largest absolute Gasteiger partial charge is 0.0654 e. The highest BCUT2D eigenvalue weighted by molar-refractivity contribution is 4.72. The lowest BCUT2D eigenvalue weighted by atomic mass is 9.76. The summed E-state index contributed by atoms with van der Waals surface area (Å²) in [4.78, 5) is 0.